The van der Waals surface area contributed by atoms with Crippen molar-refractivity contribution in [3.63, 3.8) is 0 Å². The summed E-state index contributed by atoms with van der Waals surface area (Å²) >= 11 is 4.94. The normalized spacial score (nSPS) is 16.0. The molecule has 1 aliphatic heterocycles. The molecule has 74 valence electrons. The van der Waals surface area contributed by atoms with Crippen LogP contribution < -0.4 is 10.6 Å². The van der Waals surface area contributed by atoms with Crippen LogP contribution in [0.4, 0.5) is 5.69 Å². The molecular weight excluding hydrogens is 194 g/mol. The van der Waals surface area contributed by atoms with Crippen molar-refractivity contribution in [3.8, 4) is 0 Å². The summed E-state index contributed by atoms with van der Waals surface area (Å²) in [6, 6.07) is 10.3. The maximum absolute atomic E-state index is 5.57. The van der Waals surface area contributed by atoms with Gasteiger partial charge in [-0.25, -0.2) is 0 Å². The van der Waals surface area contributed by atoms with Gasteiger partial charge in [0.1, 0.15) is 0 Å². The minimum atomic E-state index is 0.489. The lowest BCUT2D eigenvalue weighted by Crippen LogP contribution is -2.35. The Morgan fingerprint density at radius 2 is 1.93 bits per heavy atom. The van der Waals surface area contributed by atoms with Crippen LogP contribution in [-0.4, -0.2) is 29.8 Å². The van der Waals surface area contributed by atoms with Crippen molar-refractivity contribution in [1.29, 1.82) is 0 Å². The fourth-order valence-corrected chi connectivity index (χ4v) is 1.77. The average molecular weight is 207 g/mol. The number of anilines is 1. The minimum absolute atomic E-state index is 0.489. The summed E-state index contributed by atoms with van der Waals surface area (Å²) in [6.45, 7) is 2.71. The first kappa shape index (κ1) is 9.27. The van der Waals surface area contributed by atoms with Crippen LogP contribution in [0.25, 0.3) is 0 Å². The third kappa shape index (κ3) is 1.80. The van der Waals surface area contributed by atoms with Gasteiger partial charge in [-0.15, -0.1) is 0 Å². The molecule has 4 heteroatoms. The predicted octanol–water partition coefficient (Wildman–Crippen LogP) is 1.01. The highest BCUT2D eigenvalue weighted by Gasteiger charge is 2.20. The summed E-state index contributed by atoms with van der Waals surface area (Å²) in [5.41, 5.74) is 6.80. The molecule has 1 heterocycles. The van der Waals surface area contributed by atoms with Crippen LogP contribution in [0, 0.1) is 0 Å². The molecule has 2 rings (SSSR count). The number of nitrogens with two attached hydrogens (primary N) is 1. The lowest BCUT2D eigenvalue weighted by molar-refractivity contribution is 0.527. The summed E-state index contributed by atoms with van der Waals surface area (Å²) in [4.78, 5) is 4.27. The Morgan fingerprint density at radius 3 is 2.50 bits per heavy atom. The molecule has 1 fully saturated rings. The van der Waals surface area contributed by atoms with Gasteiger partial charge >= 0.3 is 0 Å². The van der Waals surface area contributed by atoms with E-state index in [-0.39, 0.29) is 0 Å². The molecule has 0 amide bonds. The molecule has 1 aromatic rings. The fourth-order valence-electron chi connectivity index (χ4n) is 1.62. The molecule has 1 saturated heterocycles. The van der Waals surface area contributed by atoms with Crippen molar-refractivity contribution in [3.05, 3.63) is 30.3 Å². The van der Waals surface area contributed by atoms with E-state index in [1.54, 1.807) is 0 Å². The Hall–Kier alpha value is -1.29. The van der Waals surface area contributed by atoms with Crippen molar-refractivity contribution < 1.29 is 0 Å². The van der Waals surface area contributed by atoms with E-state index >= 15 is 0 Å². The van der Waals surface area contributed by atoms with Gasteiger partial charge in [-0.3, -0.25) is 0 Å². The van der Waals surface area contributed by atoms with Gasteiger partial charge in [0.15, 0.2) is 5.11 Å². The highest BCUT2D eigenvalue weighted by Crippen LogP contribution is 2.17. The highest BCUT2D eigenvalue weighted by atomic mass is 32.1. The van der Waals surface area contributed by atoms with Crippen LogP contribution in [0.1, 0.15) is 0 Å². The zero-order valence-corrected chi connectivity index (χ0v) is 8.70. The summed E-state index contributed by atoms with van der Waals surface area (Å²) in [7, 11) is 0. The molecular formula is C10H13N3S. The number of para-hydroxylation sites is 1. The SMILES string of the molecule is NC(=S)N1CCN(c2ccccc2)C1. The van der Waals surface area contributed by atoms with Crippen LogP contribution in [0.3, 0.4) is 0 Å². The standard InChI is InChI=1S/C10H13N3S/c11-10(14)13-7-6-12(8-13)9-4-2-1-3-5-9/h1-5H,6-8H2,(H2,11,14). The topological polar surface area (TPSA) is 32.5 Å². The highest BCUT2D eigenvalue weighted by molar-refractivity contribution is 7.80. The molecule has 0 spiro atoms. The molecule has 0 unspecified atom stereocenters. The van der Waals surface area contributed by atoms with Gasteiger partial charge < -0.3 is 15.5 Å². The third-order valence-electron chi connectivity index (χ3n) is 2.41. The van der Waals surface area contributed by atoms with E-state index in [2.05, 4.69) is 17.0 Å². The predicted molar refractivity (Wildman–Crippen MR) is 62.1 cm³/mol. The van der Waals surface area contributed by atoms with E-state index in [4.69, 9.17) is 18.0 Å². The molecule has 2 N–H and O–H groups in total. The minimum Gasteiger partial charge on any atom is -0.376 e. The zero-order chi connectivity index (χ0) is 9.97. The van der Waals surface area contributed by atoms with Crippen molar-refractivity contribution in [1.82, 2.24) is 4.90 Å². The van der Waals surface area contributed by atoms with E-state index in [1.807, 2.05) is 23.1 Å². The van der Waals surface area contributed by atoms with E-state index in [0.717, 1.165) is 19.8 Å². The van der Waals surface area contributed by atoms with Gasteiger partial charge in [0.2, 0.25) is 0 Å². The lowest BCUT2D eigenvalue weighted by Gasteiger charge is -2.19. The number of nitrogens with zero attached hydrogens (tertiary/aromatic N) is 2. The second kappa shape index (κ2) is 3.84. The van der Waals surface area contributed by atoms with Gasteiger partial charge in [0.05, 0.1) is 6.67 Å². The van der Waals surface area contributed by atoms with Gasteiger partial charge in [-0.2, -0.15) is 0 Å². The Bertz CT molecular complexity index is 325. The fraction of sp³-hybridized carbons (Fsp3) is 0.300. The van der Waals surface area contributed by atoms with Crippen molar-refractivity contribution in [2.45, 2.75) is 0 Å². The number of rotatable bonds is 1. The van der Waals surface area contributed by atoms with E-state index in [0.29, 0.717) is 5.11 Å². The number of thiocarbonyl (C=S) groups is 1. The van der Waals surface area contributed by atoms with Gasteiger partial charge in [-0.1, -0.05) is 18.2 Å². The van der Waals surface area contributed by atoms with Gasteiger partial charge in [0, 0.05) is 18.8 Å². The lowest BCUT2D eigenvalue weighted by atomic mass is 10.3. The number of benzene rings is 1. The monoisotopic (exact) mass is 207 g/mol. The summed E-state index contributed by atoms with van der Waals surface area (Å²) < 4.78 is 0. The van der Waals surface area contributed by atoms with E-state index in [9.17, 15) is 0 Å². The molecule has 0 saturated carbocycles. The number of hydrogen-bond donors (Lipinski definition) is 1. The zero-order valence-electron chi connectivity index (χ0n) is 7.89. The second-order valence-electron chi connectivity index (χ2n) is 3.34. The molecule has 1 aromatic carbocycles. The Balaban J connectivity index is 2.06. The van der Waals surface area contributed by atoms with Gasteiger partial charge in [-0.05, 0) is 24.4 Å². The molecule has 0 aromatic heterocycles. The van der Waals surface area contributed by atoms with Crippen LogP contribution in [-0.2, 0) is 0 Å². The summed E-state index contributed by atoms with van der Waals surface area (Å²) in [5.74, 6) is 0. The molecule has 0 radical (unpaired) electrons. The van der Waals surface area contributed by atoms with Crippen LogP contribution in [0.15, 0.2) is 30.3 Å². The number of hydrogen-bond acceptors (Lipinski definition) is 2. The molecule has 0 atom stereocenters. The first-order valence-electron chi connectivity index (χ1n) is 4.62. The van der Waals surface area contributed by atoms with Crippen molar-refractivity contribution in [2.24, 2.45) is 5.73 Å². The van der Waals surface area contributed by atoms with E-state index < -0.39 is 0 Å². The molecule has 1 aliphatic rings. The smallest absolute Gasteiger partial charge is 0.167 e. The van der Waals surface area contributed by atoms with Crippen LogP contribution >= 0.6 is 12.2 Å². The average Bonchev–Trinajstić information content (AvgIpc) is 2.68. The van der Waals surface area contributed by atoms with Crippen molar-refractivity contribution >= 4 is 23.0 Å². The maximum atomic E-state index is 5.57. The quantitative estimate of drug-likeness (QED) is 0.697. The van der Waals surface area contributed by atoms with Crippen molar-refractivity contribution in [2.75, 3.05) is 24.7 Å². The molecule has 14 heavy (non-hydrogen) atoms. The second-order valence-corrected chi connectivity index (χ2v) is 3.76. The molecule has 3 nitrogen and oxygen atoms in total. The third-order valence-corrected chi connectivity index (χ3v) is 2.67. The summed E-state index contributed by atoms with van der Waals surface area (Å²) in [6.07, 6.45) is 0. The Labute approximate surface area is 89.1 Å². The van der Waals surface area contributed by atoms with Crippen LogP contribution in [0.2, 0.25) is 0 Å². The maximum Gasteiger partial charge on any atom is 0.167 e. The largest absolute Gasteiger partial charge is 0.376 e. The van der Waals surface area contributed by atoms with Gasteiger partial charge in [0.25, 0.3) is 0 Å². The summed E-state index contributed by atoms with van der Waals surface area (Å²) in [5, 5.41) is 0.489. The first-order valence-corrected chi connectivity index (χ1v) is 5.02. The molecule has 0 bridgehead atoms. The van der Waals surface area contributed by atoms with Crippen LogP contribution in [0.5, 0.6) is 0 Å². The first-order chi connectivity index (χ1) is 6.77. The van der Waals surface area contributed by atoms with E-state index in [1.165, 1.54) is 5.69 Å². The Kier molecular flexibility index (Phi) is 2.54. The Morgan fingerprint density at radius 1 is 1.21 bits per heavy atom. The molecule has 0 aliphatic carbocycles.